The Morgan fingerprint density at radius 3 is 2.43 bits per heavy atom. The first-order chi connectivity index (χ1) is 9.99. The first-order valence-corrected chi connectivity index (χ1v) is 8.26. The minimum atomic E-state index is 0.443. The molecule has 0 radical (unpaired) electrons. The monoisotopic (exact) mass is 290 g/mol. The summed E-state index contributed by atoms with van der Waals surface area (Å²) < 4.78 is 0. The van der Waals surface area contributed by atoms with Crippen molar-refractivity contribution in [2.75, 3.05) is 25.0 Å². The average Bonchev–Trinajstić information content (AvgIpc) is 2.46. The maximum atomic E-state index is 4.53. The fraction of sp³-hybridized carbons (Fsp3) is 0.765. The molecular formula is C17H30N4. The number of nitrogens with zero attached hydrogens (tertiary/aromatic N) is 3. The van der Waals surface area contributed by atoms with Crippen molar-refractivity contribution in [3.63, 3.8) is 0 Å². The maximum absolute atomic E-state index is 4.53. The van der Waals surface area contributed by atoms with Gasteiger partial charge in [0.05, 0.1) is 18.1 Å². The van der Waals surface area contributed by atoms with Crippen molar-refractivity contribution in [3.05, 3.63) is 18.1 Å². The number of anilines is 1. The first-order valence-electron chi connectivity index (χ1n) is 8.26. The van der Waals surface area contributed by atoms with Crippen molar-refractivity contribution < 1.29 is 0 Å². The summed E-state index contributed by atoms with van der Waals surface area (Å²) in [6, 6.07) is 0. The Balaban J connectivity index is 1.80. The Morgan fingerprint density at radius 1 is 1.19 bits per heavy atom. The van der Waals surface area contributed by atoms with Crippen LogP contribution in [0.2, 0.25) is 0 Å². The van der Waals surface area contributed by atoms with E-state index in [9.17, 15) is 0 Å². The lowest BCUT2D eigenvalue weighted by Gasteiger charge is -2.38. The lowest BCUT2D eigenvalue weighted by atomic mass is 9.75. The number of rotatable bonds is 5. The second kappa shape index (κ2) is 7.21. The molecule has 1 N–H and O–H groups in total. The molecule has 4 heteroatoms. The van der Waals surface area contributed by atoms with Crippen LogP contribution in [0.4, 0.5) is 5.82 Å². The SMILES string of the molecule is CCCNc1cnc(CN2CCC(C(C)(C)C)CC2)cn1. The minimum Gasteiger partial charge on any atom is -0.369 e. The molecule has 0 amide bonds. The molecule has 0 aliphatic carbocycles. The third-order valence-corrected chi connectivity index (χ3v) is 4.46. The fourth-order valence-corrected chi connectivity index (χ4v) is 2.97. The second-order valence-corrected chi connectivity index (χ2v) is 7.24. The van der Waals surface area contributed by atoms with E-state index in [1.165, 1.54) is 25.9 Å². The highest BCUT2D eigenvalue weighted by Crippen LogP contribution is 2.34. The van der Waals surface area contributed by atoms with E-state index < -0.39 is 0 Å². The molecule has 118 valence electrons. The normalized spacial score (nSPS) is 17.9. The Bertz CT molecular complexity index is 413. The van der Waals surface area contributed by atoms with Crippen molar-refractivity contribution in [1.29, 1.82) is 0 Å². The summed E-state index contributed by atoms with van der Waals surface area (Å²) in [7, 11) is 0. The van der Waals surface area contributed by atoms with Gasteiger partial charge in [-0.05, 0) is 43.7 Å². The van der Waals surface area contributed by atoms with Gasteiger partial charge < -0.3 is 5.32 Å². The topological polar surface area (TPSA) is 41.1 Å². The van der Waals surface area contributed by atoms with Crippen molar-refractivity contribution in [2.45, 2.75) is 53.5 Å². The highest BCUT2D eigenvalue weighted by molar-refractivity contribution is 5.30. The molecule has 2 rings (SSSR count). The molecule has 0 aromatic carbocycles. The zero-order chi connectivity index (χ0) is 15.3. The van der Waals surface area contributed by atoms with Crippen LogP contribution in [0.25, 0.3) is 0 Å². The zero-order valence-corrected chi connectivity index (χ0v) is 14.0. The number of hydrogen-bond acceptors (Lipinski definition) is 4. The number of nitrogens with one attached hydrogen (secondary N) is 1. The van der Waals surface area contributed by atoms with Crippen molar-refractivity contribution in [1.82, 2.24) is 14.9 Å². The molecule has 1 aliphatic rings. The standard InChI is InChI=1S/C17H30N4/c1-5-8-18-16-12-19-15(11-20-16)13-21-9-6-14(7-10-21)17(2,3)4/h11-12,14H,5-10,13H2,1-4H3,(H,18,20). The number of hydrogen-bond donors (Lipinski definition) is 1. The predicted molar refractivity (Wildman–Crippen MR) is 88.3 cm³/mol. The van der Waals surface area contributed by atoms with Crippen LogP contribution in [-0.2, 0) is 6.54 Å². The van der Waals surface area contributed by atoms with E-state index >= 15 is 0 Å². The van der Waals surface area contributed by atoms with Gasteiger partial charge in [0.25, 0.3) is 0 Å². The molecule has 0 spiro atoms. The Morgan fingerprint density at radius 2 is 1.90 bits per heavy atom. The van der Waals surface area contributed by atoms with Crippen LogP contribution in [0.3, 0.4) is 0 Å². The highest BCUT2D eigenvalue weighted by Gasteiger charge is 2.28. The lowest BCUT2D eigenvalue weighted by molar-refractivity contribution is 0.107. The third kappa shape index (κ3) is 4.95. The summed E-state index contributed by atoms with van der Waals surface area (Å²) in [6.07, 6.45) is 7.47. The van der Waals surface area contributed by atoms with Crippen LogP contribution in [0.15, 0.2) is 12.4 Å². The number of aromatic nitrogens is 2. The van der Waals surface area contributed by atoms with E-state index in [1.807, 2.05) is 12.4 Å². The van der Waals surface area contributed by atoms with Gasteiger partial charge in [0, 0.05) is 13.1 Å². The average molecular weight is 290 g/mol. The van der Waals surface area contributed by atoms with Gasteiger partial charge in [-0.15, -0.1) is 0 Å². The van der Waals surface area contributed by atoms with Gasteiger partial charge in [-0.25, -0.2) is 4.98 Å². The Kier molecular flexibility index (Phi) is 5.57. The molecular weight excluding hydrogens is 260 g/mol. The summed E-state index contributed by atoms with van der Waals surface area (Å²) in [4.78, 5) is 11.5. The smallest absolute Gasteiger partial charge is 0.144 e. The minimum absolute atomic E-state index is 0.443. The van der Waals surface area contributed by atoms with Crippen molar-refractivity contribution in [2.24, 2.45) is 11.3 Å². The van der Waals surface area contributed by atoms with Gasteiger partial charge in [0.2, 0.25) is 0 Å². The molecule has 0 unspecified atom stereocenters. The van der Waals surface area contributed by atoms with Crippen LogP contribution >= 0.6 is 0 Å². The summed E-state index contributed by atoms with van der Waals surface area (Å²) >= 11 is 0. The number of piperidine rings is 1. The first kappa shape index (κ1) is 16.2. The molecule has 21 heavy (non-hydrogen) atoms. The largest absolute Gasteiger partial charge is 0.369 e. The molecule has 1 aromatic heterocycles. The van der Waals surface area contributed by atoms with E-state index in [1.54, 1.807) is 0 Å². The second-order valence-electron chi connectivity index (χ2n) is 7.24. The van der Waals surface area contributed by atoms with Crippen molar-refractivity contribution >= 4 is 5.82 Å². The van der Waals surface area contributed by atoms with Crippen LogP contribution in [0, 0.1) is 11.3 Å². The molecule has 2 heterocycles. The molecule has 1 aliphatic heterocycles. The van der Waals surface area contributed by atoms with Gasteiger partial charge in [-0.1, -0.05) is 27.7 Å². The Hall–Kier alpha value is -1.16. The molecule has 0 saturated carbocycles. The van der Waals surface area contributed by atoms with Crippen LogP contribution in [0.5, 0.6) is 0 Å². The van der Waals surface area contributed by atoms with E-state index in [-0.39, 0.29) is 0 Å². The van der Waals surface area contributed by atoms with E-state index in [0.717, 1.165) is 36.9 Å². The van der Waals surface area contributed by atoms with Crippen LogP contribution in [0.1, 0.15) is 52.7 Å². The van der Waals surface area contributed by atoms with Crippen LogP contribution in [-0.4, -0.2) is 34.5 Å². The Labute approximate surface area is 129 Å². The predicted octanol–water partition coefficient (Wildman–Crippen LogP) is 3.56. The summed E-state index contributed by atoms with van der Waals surface area (Å²) in [5.41, 5.74) is 1.52. The fourth-order valence-electron chi connectivity index (χ4n) is 2.97. The molecule has 1 fully saturated rings. The molecule has 4 nitrogen and oxygen atoms in total. The molecule has 0 bridgehead atoms. The number of likely N-dealkylation sites (tertiary alicyclic amines) is 1. The van der Waals surface area contributed by atoms with Crippen molar-refractivity contribution in [3.8, 4) is 0 Å². The van der Waals surface area contributed by atoms with E-state index in [4.69, 9.17) is 0 Å². The van der Waals surface area contributed by atoms with Gasteiger partial charge >= 0.3 is 0 Å². The van der Waals surface area contributed by atoms with E-state index in [0.29, 0.717) is 5.41 Å². The maximum Gasteiger partial charge on any atom is 0.144 e. The van der Waals surface area contributed by atoms with Gasteiger partial charge in [-0.2, -0.15) is 0 Å². The summed E-state index contributed by atoms with van der Waals surface area (Å²) in [5, 5.41) is 3.26. The molecule has 1 aromatic rings. The quantitative estimate of drug-likeness (QED) is 0.900. The third-order valence-electron chi connectivity index (χ3n) is 4.46. The summed E-state index contributed by atoms with van der Waals surface area (Å²) in [5.74, 6) is 1.73. The highest BCUT2D eigenvalue weighted by atomic mass is 15.1. The van der Waals surface area contributed by atoms with Gasteiger partial charge in [0.1, 0.15) is 5.82 Å². The van der Waals surface area contributed by atoms with Gasteiger partial charge in [0.15, 0.2) is 0 Å². The summed E-state index contributed by atoms with van der Waals surface area (Å²) in [6.45, 7) is 13.5. The molecule has 0 atom stereocenters. The lowest BCUT2D eigenvalue weighted by Crippen LogP contribution is -2.37. The van der Waals surface area contributed by atoms with Gasteiger partial charge in [-0.3, -0.25) is 9.88 Å². The molecule has 1 saturated heterocycles. The van der Waals surface area contributed by atoms with E-state index in [2.05, 4.69) is 47.9 Å². The zero-order valence-electron chi connectivity index (χ0n) is 14.0. The van der Waals surface area contributed by atoms with Crippen LogP contribution < -0.4 is 5.32 Å².